The number of nitrogens with zero attached hydrogens (tertiary/aromatic N) is 1. The van der Waals surface area contributed by atoms with Crippen LogP contribution in [0.1, 0.15) is 114 Å². The number of fused-ring (bicyclic) bond motifs is 1. The first-order valence-electron chi connectivity index (χ1n) is 15.9. The minimum Gasteiger partial charge on any atom is -0.506 e. The zero-order valence-corrected chi connectivity index (χ0v) is 25.9. The number of rotatable bonds is 19. The summed E-state index contributed by atoms with van der Waals surface area (Å²) in [4.78, 5) is 27.5. The number of aromatic hydroxyl groups is 1. The molecule has 6 nitrogen and oxygen atoms in total. The number of phenols is 1. The second kappa shape index (κ2) is 18.1. The fourth-order valence-electron chi connectivity index (χ4n) is 5.59. The molecule has 2 N–H and O–H groups in total. The number of nitrogens with one attached hydrogen (secondary N) is 1. The van der Waals surface area contributed by atoms with Crippen molar-refractivity contribution in [1.82, 2.24) is 0 Å². The highest BCUT2D eigenvalue weighted by molar-refractivity contribution is 6.12. The van der Waals surface area contributed by atoms with Crippen LogP contribution in [0.5, 0.6) is 11.5 Å². The summed E-state index contributed by atoms with van der Waals surface area (Å²) in [5.41, 5.74) is 1.43. The summed E-state index contributed by atoms with van der Waals surface area (Å²) in [5, 5.41) is 15.2. The lowest BCUT2D eigenvalue weighted by molar-refractivity contribution is -0.116. The highest BCUT2D eigenvalue weighted by atomic mass is 16.5. The van der Waals surface area contributed by atoms with Crippen molar-refractivity contribution in [2.75, 3.05) is 23.9 Å². The molecule has 3 rings (SSSR count). The van der Waals surface area contributed by atoms with Crippen molar-refractivity contribution < 1.29 is 19.4 Å². The fraction of sp³-hybridized carbons (Fsp3) is 0.500. The summed E-state index contributed by atoms with van der Waals surface area (Å²) in [6.07, 6.45) is 18.0. The van der Waals surface area contributed by atoms with Gasteiger partial charge in [-0.15, -0.1) is 0 Å². The maximum Gasteiger partial charge on any atom is 0.259 e. The highest BCUT2D eigenvalue weighted by Crippen LogP contribution is 2.36. The number of benzene rings is 3. The smallest absolute Gasteiger partial charge is 0.259 e. The van der Waals surface area contributed by atoms with Crippen LogP contribution < -0.4 is 15.0 Å². The Hall–Kier alpha value is -3.54. The Balaban J connectivity index is 1.51. The first-order chi connectivity index (χ1) is 20.5. The molecule has 228 valence electrons. The highest BCUT2D eigenvalue weighted by Gasteiger charge is 2.20. The van der Waals surface area contributed by atoms with Crippen molar-refractivity contribution in [3.63, 3.8) is 0 Å². The van der Waals surface area contributed by atoms with Gasteiger partial charge in [0.15, 0.2) is 0 Å². The molecule has 0 radical (unpaired) electrons. The van der Waals surface area contributed by atoms with Gasteiger partial charge in [-0.05, 0) is 30.7 Å². The van der Waals surface area contributed by atoms with E-state index in [0.29, 0.717) is 23.4 Å². The van der Waals surface area contributed by atoms with Crippen LogP contribution in [0.3, 0.4) is 0 Å². The predicted octanol–water partition coefficient (Wildman–Crippen LogP) is 9.64. The first kappa shape index (κ1) is 33.0. The van der Waals surface area contributed by atoms with Crippen molar-refractivity contribution in [2.45, 2.75) is 104 Å². The van der Waals surface area contributed by atoms with Crippen LogP contribution in [0.2, 0.25) is 0 Å². The van der Waals surface area contributed by atoms with Crippen molar-refractivity contribution >= 4 is 34.0 Å². The molecule has 0 aliphatic rings. The Kier molecular flexibility index (Phi) is 14.2. The third-order valence-electron chi connectivity index (χ3n) is 8.02. The van der Waals surface area contributed by atoms with E-state index in [4.69, 9.17) is 4.74 Å². The van der Waals surface area contributed by atoms with Gasteiger partial charge in [0.05, 0.1) is 24.0 Å². The zero-order chi connectivity index (χ0) is 30.2. The number of hydrogen-bond donors (Lipinski definition) is 2. The molecule has 3 aromatic rings. The molecule has 0 heterocycles. The summed E-state index contributed by atoms with van der Waals surface area (Å²) in [7, 11) is 1.54. The fourth-order valence-corrected chi connectivity index (χ4v) is 5.59. The van der Waals surface area contributed by atoms with Crippen molar-refractivity contribution in [1.29, 1.82) is 0 Å². The molecule has 0 bridgehead atoms. The Morgan fingerprint density at radius 1 is 0.738 bits per heavy atom. The SMILES string of the molecule is CCCCCCCCCCCCCCCCN(C(C)=O)c1cccc2c(O)c(C(=O)Nc3ccccc3OC)ccc12. The molecule has 0 saturated carbocycles. The summed E-state index contributed by atoms with van der Waals surface area (Å²) in [6, 6.07) is 16.0. The number of unbranched alkanes of at least 4 members (excludes halogenated alkanes) is 13. The van der Waals surface area contributed by atoms with E-state index >= 15 is 0 Å². The van der Waals surface area contributed by atoms with E-state index in [1.165, 1.54) is 77.0 Å². The van der Waals surface area contributed by atoms with Gasteiger partial charge in [-0.2, -0.15) is 0 Å². The molecule has 0 aliphatic heterocycles. The van der Waals surface area contributed by atoms with E-state index in [0.717, 1.165) is 23.9 Å². The molecule has 6 heteroatoms. The number of hydrogen-bond acceptors (Lipinski definition) is 4. The topological polar surface area (TPSA) is 78.9 Å². The zero-order valence-electron chi connectivity index (χ0n) is 25.9. The second-order valence-corrected chi connectivity index (χ2v) is 11.3. The van der Waals surface area contributed by atoms with E-state index in [-0.39, 0.29) is 17.2 Å². The molecule has 0 saturated heterocycles. The maximum absolute atomic E-state index is 13.0. The molecule has 2 amide bonds. The van der Waals surface area contributed by atoms with E-state index < -0.39 is 5.91 Å². The van der Waals surface area contributed by atoms with Gasteiger partial charge in [0.25, 0.3) is 5.91 Å². The van der Waals surface area contributed by atoms with Crippen LogP contribution in [0.15, 0.2) is 54.6 Å². The number of phenolic OH excluding ortho intramolecular Hbond substituents is 1. The van der Waals surface area contributed by atoms with Gasteiger partial charge >= 0.3 is 0 Å². The molecule has 0 aromatic heterocycles. The maximum atomic E-state index is 13.0. The summed E-state index contributed by atoms with van der Waals surface area (Å²) < 4.78 is 5.32. The number of anilines is 2. The average Bonchev–Trinajstić information content (AvgIpc) is 2.99. The van der Waals surface area contributed by atoms with Gasteiger partial charge in [-0.25, -0.2) is 0 Å². The molecular formula is C36H50N2O4. The van der Waals surface area contributed by atoms with E-state index in [9.17, 15) is 14.7 Å². The van der Waals surface area contributed by atoms with Crippen molar-refractivity contribution in [3.05, 3.63) is 60.2 Å². The molecule has 3 aromatic carbocycles. The quantitative estimate of drug-likeness (QED) is 0.140. The number of para-hydroxylation sites is 2. The monoisotopic (exact) mass is 574 g/mol. The molecule has 42 heavy (non-hydrogen) atoms. The van der Waals surface area contributed by atoms with Crippen LogP contribution in [-0.2, 0) is 4.79 Å². The number of methoxy groups -OCH3 is 1. The van der Waals surface area contributed by atoms with Crippen LogP contribution in [-0.4, -0.2) is 30.6 Å². The number of carbonyl (C=O) groups excluding carboxylic acids is 2. The number of amides is 2. The van der Waals surface area contributed by atoms with Crippen LogP contribution in [0.4, 0.5) is 11.4 Å². The molecule has 0 spiro atoms. The van der Waals surface area contributed by atoms with Gasteiger partial charge in [0.2, 0.25) is 5.91 Å². The van der Waals surface area contributed by atoms with Gasteiger partial charge < -0.3 is 20.1 Å². The lowest BCUT2D eigenvalue weighted by Gasteiger charge is -2.23. The predicted molar refractivity (Wildman–Crippen MR) is 175 cm³/mol. The lowest BCUT2D eigenvalue weighted by atomic mass is 10.0. The summed E-state index contributed by atoms with van der Waals surface area (Å²) in [6.45, 7) is 4.47. The van der Waals surface area contributed by atoms with Gasteiger partial charge in [-0.3, -0.25) is 9.59 Å². The van der Waals surface area contributed by atoms with Crippen LogP contribution in [0, 0.1) is 0 Å². The Labute approximate surface area is 252 Å². The summed E-state index contributed by atoms with van der Waals surface area (Å²) >= 11 is 0. The van der Waals surface area contributed by atoms with E-state index in [1.807, 2.05) is 24.3 Å². The van der Waals surface area contributed by atoms with Gasteiger partial charge in [0, 0.05) is 24.2 Å². The normalized spacial score (nSPS) is 11.0. The third-order valence-corrected chi connectivity index (χ3v) is 8.02. The van der Waals surface area contributed by atoms with Gasteiger partial charge in [0.1, 0.15) is 11.5 Å². The average molecular weight is 575 g/mol. The largest absolute Gasteiger partial charge is 0.506 e. The van der Waals surface area contributed by atoms with E-state index in [1.54, 1.807) is 49.3 Å². The number of ether oxygens (including phenoxy) is 1. The second-order valence-electron chi connectivity index (χ2n) is 11.3. The van der Waals surface area contributed by atoms with Crippen LogP contribution in [0.25, 0.3) is 10.8 Å². The van der Waals surface area contributed by atoms with Gasteiger partial charge in [-0.1, -0.05) is 121 Å². The molecular weight excluding hydrogens is 524 g/mol. The van der Waals surface area contributed by atoms with Crippen molar-refractivity contribution in [3.8, 4) is 11.5 Å². The molecule has 0 atom stereocenters. The minimum atomic E-state index is -0.435. The van der Waals surface area contributed by atoms with E-state index in [2.05, 4.69) is 12.2 Å². The minimum absolute atomic E-state index is 0.0327. The Morgan fingerprint density at radius 3 is 1.93 bits per heavy atom. The first-order valence-corrected chi connectivity index (χ1v) is 15.9. The number of carbonyl (C=O) groups is 2. The molecule has 0 aliphatic carbocycles. The molecule has 0 fully saturated rings. The lowest BCUT2D eigenvalue weighted by Crippen LogP contribution is -2.29. The standard InChI is InChI=1S/C36H50N2O4/c1-4-5-6-7-8-9-10-11-12-13-14-15-16-19-27-38(28(2)39)33-23-20-21-30-29(33)25-26-31(35(30)40)36(41)37-32-22-17-18-24-34(32)42-3/h17-18,20-26,40H,4-16,19,27H2,1-3H3,(H,37,41). The Morgan fingerprint density at radius 2 is 1.33 bits per heavy atom. The van der Waals surface area contributed by atoms with Crippen molar-refractivity contribution in [2.24, 2.45) is 0 Å². The summed E-state index contributed by atoms with van der Waals surface area (Å²) in [5.74, 6) is -0.0411. The van der Waals surface area contributed by atoms with Crippen LogP contribution >= 0.6 is 0 Å². The Bertz CT molecular complexity index is 1270. The molecule has 0 unspecified atom stereocenters. The third kappa shape index (κ3) is 9.78.